The molecule has 4 heterocycles. The number of benzene rings is 8. The molecule has 0 radical (unpaired) electrons. The molecular formula is C62H40N2O10. The van der Waals surface area contributed by atoms with E-state index in [0.717, 1.165) is 84.2 Å². The van der Waals surface area contributed by atoms with E-state index in [1.807, 2.05) is 48.5 Å². The fraction of sp³-hybridized carbons (Fsp3) is 0.161. The zero-order valence-electron chi connectivity index (χ0n) is 40.1. The molecular weight excluding hydrogens is 933 g/mol. The maximum absolute atomic E-state index is 14.7. The summed E-state index contributed by atoms with van der Waals surface area (Å²) in [5.41, 5.74) is 10.7. The molecule has 2 atom stereocenters. The summed E-state index contributed by atoms with van der Waals surface area (Å²) in [4.78, 5) is 56.7. The van der Waals surface area contributed by atoms with Crippen LogP contribution in [-0.4, -0.2) is 19.8 Å². The van der Waals surface area contributed by atoms with Crippen molar-refractivity contribution in [3.8, 4) is 39.4 Å². The van der Waals surface area contributed by atoms with Crippen LogP contribution in [0.5, 0.6) is 11.5 Å². The van der Waals surface area contributed by atoms with E-state index < -0.39 is 33.1 Å². The van der Waals surface area contributed by atoms with Gasteiger partial charge in [-0.3, -0.25) is 24.2 Å². The minimum absolute atomic E-state index is 0.0471. The molecule has 3 N–H and O–H groups in total. The third kappa shape index (κ3) is 4.88. The van der Waals surface area contributed by atoms with Gasteiger partial charge in [0, 0.05) is 5.41 Å². The summed E-state index contributed by atoms with van der Waals surface area (Å²) in [7, 11) is 0. The van der Waals surface area contributed by atoms with Crippen molar-refractivity contribution in [1.29, 1.82) is 0 Å². The summed E-state index contributed by atoms with van der Waals surface area (Å²) in [5, 5.41) is 23.7. The number of aromatic amines is 1. The maximum Gasteiger partial charge on any atom is 0.266 e. The fourth-order valence-corrected chi connectivity index (χ4v) is 14.4. The summed E-state index contributed by atoms with van der Waals surface area (Å²) in [6, 6.07) is 39.3. The predicted molar refractivity (Wildman–Crippen MR) is 281 cm³/mol. The summed E-state index contributed by atoms with van der Waals surface area (Å²) in [6.07, 6.45) is 1.54. The van der Waals surface area contributed by atoms with E-state index in [2.05, 4.69) is 63.0 Å². The Morgan fingerprint density at radius 1 is 0.432 bits per heavy atom. The van der Waals surface area contributed by atoms with Gasteiger partial charge < -0.3 is 27.9 Å². The number of nitrogens with one attached hydrogen (secondary N) is 1. The van der Waals surface area contributed by atoms with Crippen molar-refractivity contribution in [2.75, 3.05) is 0 Å². The van der Waals surface area contributed by atoms with Gasteiger partial charge in [0.1, 0.15) is 11.5 Å². The van der Waals surface area contributed by atoms with E-state index in [-0.39, 0.29) is 60.7 Å². The van der Waals surface area contributed by atoms with E-state index in [1.54, 1.807) is 48.5 Å². The molecule has 2 unspecified atom stereocenters. The van der Waals surface area contributed by atoms with Gasteiger partial charge in [-0.25, -0.2) is 4.57 Å². The molecule has 12 heteroatoms. The number of aromatic hydroxyl groups is 2. The normalized spacial score (nSPS) is 19.4. The number of H-pyrrole nitrogens is 1. The molecule has 4 aromatic heterocycles. The Morgan fingerprint density at radius 2 is 0.851 bits per heavy atom. The smallest absolute Gasteiger partial charge is 0.266 e. The zero-order valence-corrected chi connectivity index (χ0v) is 40.1. The van der Waals surface area contributed by atoms with Crippen LogP contribution in [0.25, 0.3) is 94.2 Å². The van der Waals surface area contributed by atoms with Crippen LogP contribution in [0.2, 0.25) is 0 Å². The van der Waals surface area contributed by atoms with Gasteiger partial charge in [0.05, 0.1) is 32.6 Å². The Labute approximate surface area is 417 Å². The van der Waals surface area contributed by atoms with Crippen LogP contribution in [0.1, 0.15) is 85.0 Å². The van der Waals surface area contributed by atoms with Crippen molar-refractivity contribution in [1.82, 2.24) is 9.55 Å². The predicted octanol–water partition coefficient (Wildman–Crippen LogP) is 11.9. The molecule has 8 aromatic carbocycles. The van der Waals surface area contributed by atoms with E-state index in [1.165, 1.54) is 0 Å². The van der Waals surface area contributed by atoms with Crippen LogP contribution in [0.4, 0.5) is 0 Å². The molecule has 358 valence electrons. The monoisotopic (exact) mass is 972 g/mol. The number of hydrogen-bond donors (Lipinski definition) is 3. The van der Waals surface area contributed by atoms with Gasteiger partial charge in [-0.1, -0.05) is 82.3 Å². The molecule has 0 saturated heterocycles. The molecule has 74 heavy (non-hydrogen) atoms. The first-order valence-electron chi connectivity index (χ1n) is 24.6. The van der Waals surface area contributed by atoms with E-state index in [4.69, 9.17) is 17.7 Å². The van der Waals surface area contributed by atoms with Crippen molar-refractivity contribution >= 4 is 66.2 Å². The lowest BCUT2D eigenvalue weighted by molar-refractivity contribution is 0.349. The van der Waals surface area contributed by atoms with Gasteiger partial charge in [0.25, 0.3) is 22.2 Å². The Hall–Kier alpha value is -9.16. The van der Waals surface area contributed by atoms with E-state index >= 15 is 0 Å². The van der Waals surface area contributed by atoms with Gasteiger partial charge in [0.15, 0.2) is 44.7 Å². The highest BCUT2D eigenvalue weighted by Gasteiger charge is 2.57. The summed E-state index contributed by atoms with van der Waals surface area (Å²) < 4.78 is 27.3. The minimum Gasteiger partial charge on any atom is -0.508 e. The van der Waals surface area contributed by atoms with Crippen LogP contribution in [0.15, 0.2) is 164 Å². The van der Waals surface area contributed by atoms with Gasteiger partial charge in [-0.2, -0.15) is 0 Å². The zero-order chi connectivity index (χ0) is 50.3. The van der Waals surface area contributed by atoms with E-state index in [9.17, 15) is 29.4 Å². The lowest BCUT2D eigenvalue weighted by Crippen LogP contribution is -2.26. The summed E-state index contributed by atoms with van der Waals surface area (Å²) in [6.45, 7) is 8.91. The van der Waals surface area contributed by atoms with Crippen LogP contribution in [-0.2, 0) is 21.7 Å². The van der Waals surface area contributed by atoms with Crippen molar-refractivity contribution in [3.63, 3.8) is 0 Å². The second-order valence-electron chi connectivity index (χ2n) is 22.2. The molecule has 4 aliphatic rings. The van der Waals surface area contributed by atoms with Gasteiger partial charge >= 0.3 is 0 Å². The minimum atomic E-state index is -0.883. The Kier molecular flexibility index (Phi) is 7.33. The highest BCUT2D eigenvalue weighted by atomic mass is 16.4. The molecule has 0 aliphatic heterocycles. The van der Waals surface area contributed by atoms with Crippen molar-refractivity contribution in [3.05, 3.63) is 213 Å². The number of phenolic OH excluding ortho intramolecular Hbond substituents is 2. The Balaban J connectivity index is 0.852. The Morgan fingerprint density at radius 3 is 1.36 bits per heavy atom. The molecule has 12 nitrogen and oxygen atoms in total. The number of fused-ring (bicyclic) bond motifs is 20. The van der Waals surface area contributed by atoms with Crippen LogP contribution in [0, 0.1) is 0 Å². The molecule has 0 amide bonds. The average molecular weight is 973 g/mol. The largest absolute Gasteiger partial charge is 0.508 e. The average Bonchev–Trinajstić information content (AvgIpc) is 4.24. The standard InChI is InChI=1S/C62H40N2O10/c1-59(2)26-61(43-24-53-51(22-41(43)59)71-47-17-33-34(18-48(47)72-53)56(68)63-55(33)67)27-60(3,4)42-23-52-54(25-44(42)61)74-50-20-36-35(19-49(50)73-52)57(69)64(58(36)70)45-16-32-30-10-6-8-12-38(30)62(40(32)21-46(45)66)37-11-7-5-9-29(37)31-14-13-28(65)15-39(31)62/h5-25,65-66H,26-27H2,1-4H3,(H,63,67,68). The van der Waals surface area contributed by atoms with Crippen LogP contribution in [0.3, 0.4) is 0 Å². The number of nitrogens with zero attached hydrogens (tertiary/aromatic N) is 1. The number of phenols is 2. The van der Waals surface area contributed by atoms with Gasteiger partial charge in [-0.15, -0.1) is 0 Å². The van der Waals surface area contributed by atoms with Gasteiger partial charge in [-0.05, 0) is 163 Å². The summed E-state index contributed by atoms with van der Waals surface area (Å²) in [5.74, 6) is -0.128. The molecule has 2 spiro atoms. The topological polar surface area (TPSA) is 182 Å². The fourth-order valence-electron chi connectivity index (χ4n) is 14.4. The number of hydrogen-bond acceptors (Lipinski definition) is 10. The first-order valence-corrected chi connectivity index (χ1v) is 24.6. The van der Waals surface area contributed by atoms with Crippen LogP contribution >= 0.6 is 0 Å². The Bertz CT molecular complexity index is 4940. The highest BCUT2D eigenvalue weighted by Crippen LogP contribution is 2.65. The molecule has 12 aromatic rings. The first kappa shape index (κ1) is 41.5. The lowest BCUT2D eigenvalue weighted by Gasteiger charge is -2.30. The molecule has 4 aliphatic carbocycles. The van der Waals surface area contributed by atoms with Crippen molar-refractivity contribution in [2.45, 2.75) is 62.2 Å². The molecule has 16 rings (SSSR count). The van der Waals surface area contributed by atoms with Crippen LogP contribution < -0.4 is 22.2 Å². The lowest BCUT2D eigenvalue weighted by atomic mass is 9.70. The molecule has 0 bridgehead atoms. The molecule has 0 saturated carbocycles. The quantitative estimate of drug-likeness (QED) is 0.134. The van der Waals surface area contributed by atoms with Crippen molar-refractivity contribution < 1.29 is 27.9 Å². The van der Waals surface area contributed by atoms with E-state index in [0.29, 0.717) is 33.5 Å². The maximum atomic E-state index is 14.7. The third-order valence-electron chi connectivity index (χ3n) is 17.2. The first-order chi connectivity index (χ1) is 35.5. The SMILES string of the molecule is CC1(C)CC2(CC(C)(C)c3cc4oc5cc6c(=O)n(-c7cc8c(cc7O)C7(c9ccccc9-c9ccc(O)cc97)c7ccccc7-8)c(=O)c6cc5oc4cc32)c2cc3oc4cc5c(=O)[nH]c(=O)c5cc4oc3cc21. The summed E-state index contributed by atoms with van der Waals surface area (Å²) >= 11 is 0. The molecule has 0 fully saturated rings. The second kappa shape index (κ2) is 13.1. The number of rotatable bonds is 1. The van der Waals surface area contributed by atoms with Crippen molar-refractivity contribution in [2.24, 2.45) is 0 Å². The number of aromatic nitrogens is 2. The highest BCUT2D eigenvalue weighted by molar-refractivity contribution is 5.99. The third-order valence-corrected chi connectivity index (χ3v) is 17.2. The van der Waals surface area contributed by atoms with Gasteiger partial charge in [0.2, 0.25) is 0 Å². The second-order valence-corrected chi connectivity index (χ2v) is 22.2.